The summed E-state index contributed by atoms with van der Waals surface area (Å²) in [6.07, 6.45) is 4.80. The Labute approximate surface area is 201 Å². The predicted octanol–water partition coefficient (Wildman–Crippen LogP) is 3.71. The molecule has 9 nitrogen and oxygen atoms in total. The van der Waals surface area contributed by atoms with Gasteiger partial charge in [0.1, 0.15) is 17.6 Å². The molecule has 0 saturated carbocycles. The molecular weight excluding hydrogens is 458 g/mol. The molecule has 0 radical (unpaired) electrons. The van der Waals surface area contributed by atoms with Crippen molar-refractivity contribution >= 4 is 11.9 Å². The van der Waals surface area contributed by atoms with Crippen molar-refractivity contribution in [3.05, 3.63) is 53.6 Å². The fraction of sp³-hybridized carbons (Fsp3) is 0.417. The van der Waals surface area contributed by atoms with Crippen LogP contribution in [-0.2, 0) is 17.7 Å². The highest BCUT2D eigenvalue weighted by atomic mass is 19.1. The molecule has 1 amide bonds. The number of carbonyl (C=O) groups is 1. The highest BCUT2D eigenvalue weighted by molar-refractivity contribution is 5.72. The first-order valence-electron chi connectivity index (χ1n) is 11.7. The smallest absolute Gasteiger partial charge is 0.410 e. The number of amides is 1. The molecule has 4 heterocycles. The summed E-state index contributed by atoms with van der Waals surface area (Å²) in [7, 11) is 0. The molecule has 0 spiro atoms. The highest BCUT2D eigenvalue weighted by Gasteiger charge is 2.29. The van der Waals surface area contributed by atoms with Crippen LogP contribution in [0.1, 0.15) is 31.2 Å². The highest BCUT2D eigenvalue weighted by Crippen LogP contribution is 2.32. The Kier molecular flexibility index (Phi) is 6.47. The van der Waals surface area contributed by atoms with E-state index >= 15 is 0 Å². The van der Waals surface area contributed by atoms with Crippen LogP contribution in [0, 0.1) is 11.6 Å². The summed E-state index contributed by atoms with van der Waals surface area (Å²) in [4.78, 5) is 25.9. The first-order valence-corrected chi connectivity index (χ1v) is 11.7. The van der Waals surface area contributed by atoms with Crippen molar-refractivity contribution < 1.29 is 23.0 Å². The number of halogens is 2. The Morgan fingerprint density at radius 1 is 1.17 bits per heavy atom. The third kappa shape index (κ3) is 4.89. The molecule has 1 N–H and O–H groups in total. The molecular formula is C24H26F2N6O3. The van der Waals surface area contributed by atoms with E-state index in [9.17, 15) is 13.6 Å². The van der Waals surface area contributed by atoms with Gasteiger partial charge in [0.2, 0.25) is 0 Å². The van der Waals surface area contributed by atoms with Crippen LogP contribution in [-0.4, -0.2) is 63.5 Å². The molecule has 0 unspecified atom stereocenters. The molecule has 0 aliphatic carbocycles. The van der Waals surface area contributed by atoms with E-state index in [1.165, 1.54) is 12.1 Å². The molecule has 184 valence electrons. The number of H-pyrrole nitrogens is 1. The normalized spacial score (nSPS) is 16.2. The van der Waals surface area contributed by atoms with Crippen molar-refractivity contribution in [3.8, 4) is 17.0 Å². The second-order valence-corrected chi connectivity index (χ2v) is 8.53. The quantitative estimate of drug-likeness (QED) is 0.590. The predicted molar refractivity (Wildman–Crippen MR) is 123 cm³/mol. The Morgan fingerprint density at radius 2 is 2.00 bits per heavy atom. The summed E-state index contributed by atoms with van der Waals surface area (Å²) in [6, 6.07) is 3.34. The zero-order valence-electron chi connectivity index (χ0n) is 19.3. The number of nitrogens with zero attached hydrogens (tertiary/aromatic N) is 5. The van der Waals surface area contributed by atoms with E-state index in [2.05, 4.69) is 15.1 Å². The van der Waals surface area contributed by atoms with Crippen LogP contribution in [0.2, 0.25) is 0 Å². The summed E-state index contributed by atoms with van der Waals surface area (Å²) in [6.45, 7) is 4.24. The molecule has 0 bridgehead atoms. The lowest BCUT2D eigenvalue weighted by molar-refractivity contribution is 0.102. The number of benzene rings is 1. The molecule has 2 aliphatic rings. The fourth-order valence-corrected chi connectivity index (χ4v) is 4.42. The first kappa shape index (κ1) is 23.0. The van der Waals surface area contributed by atoms with Crippen molar-refractivity contribution in [2.45, 2.75) is 38.8 Å². The number of fused-ring (bicyclic) bond motifs is 1. The summed E-state index contributed by atoms with van der Waals surface area (Å²) in [5.41, 5.74) is 3.09. The lowest BCUT2D eigenvalue weighted by Gasteiger charge is -2.35. The van der Waals surface area contributed by atoms with Crippen LogP contribution < -0.4 is 9.64 Å². The van der Waals surface area contributed by atoms with Crippen molar-refractivity contribution in [1.29, 1.82) is 0 Å². The van der Waals surface area contributed by atoms with Gasteiger partial charge in [0.15, 0.2) is 17.4 Å². The Morgan fingerprint density at radius 3 is 2.71 bits per heavy atom. The number of carbonyl (C=O) groups excluding carboxylic acids is 1. The van der Waals surface area contributed by atoms with E-state index in [4.69, 9.17) is 19.4 Å². The number of hydrogen-bond donors (Lipinski definition) is 1. The van der Waals surface area contributed by atoms with E-state index in [-0.39, 0.29) is 17.9 Å². The van der Waals surface area contributed by atoms with Gasteiger partial charge in [-0.1, -0.05) is 0 Å². The fourth-order valence-electron chi connectivity index (χ4n) is 4.42. The number of aromatic nitrogens is 4. The van der Waals surface area contributed by atoms with Crippen molar-refractivity contribution in [1.82, 2.24) is 25.1 Å². The summed E-state index contributed by atoms with van der Waals surface area (Å²) < 4.78 is 38.1. The summed E-state index contributed by atoms with van der Waals surface area (Å²) >= 11 is 0. The minimum Gasteiger partial charge on any atom is -0.487 e. The van der Waals surface area contributed by atoms with Crippen LogP contribution in [0.3, 0.4) is 0 Å². The second-order valence-electron chi connectivity index (χ2n) is 8.53. The molecule has 0 atom stereocenters. The van der Waals surface area contributed by atoms with Crippen LogP contribution >= 0.6 is 0 Å². The van der Waals surface area contributed by atoms with E-state index in [1.54, 1.807) is 24.2 Å². The van der Waals surface area contributed by atoms with E-state index < -0.39 is 11.6 Å². The van der Waals surface area contributed by atoms with Crippen LogP contribution in [0.5, 0.6) is 5.75 Å². The van der Waals surface area contributed by atoms with Crippen molar-refractivity contribution in [2.24, 2.45) is 0 Å². The van der Waals surface area contributed by atoms with Crippen LogP contribution in [0.15, 0.2) is 30.6 Å². The van der Waals surface area contributed by atoms with Gasteiger partial charge in [-0.05, 0) is 19.1 Å². The Balaban J connectivity index is 1.35. The topological polar surface area (TPSA) is 96.5 Å². The standard InChI is InChI=1S/C24H26F2N6O3/c1-2-34-24(33)32-10-7-19-20(14-32)29-22(15-12-27-28-13-15)23(30-19)31-8-5-17(6-9-31)35-21-4-3-16(25)11-18(21)26/h3-4,11-13,17H,2,5-10,14H2,1H3,(H,27,28). The monoisotopic (exact) mass is 484 g/mol. The average molecular weight is 485 g/mol. The maximum absolute atomic E-state index is 14.0. The number of rotatable bonds is 5. The van der Waals surface area contributed by atoms with E-state index in [0.717, 1.165) is 28.8 Å². The number of hydrogen-bond acceptors (Lipinski definition) is 7. The van der Waals surface area contributed by atoms with Gasteiger partial charge in [-0.2, -0.15) is 5.10 Å². The Bertz CT molecular complexity index is 1200. The second kappa shape index (κ2) is 9.85. The van der Waals surface area contributed by atoms with Crippen molar-refractivity contribution in [3.63, 3.8) is 0 Å². The Hall–Kier alpha value is -3.76. The van der Waals surface area contributed by atoms with Gasteiger partial charge in [0.05, 0.1) is 30.7 Å². The summed E-state index contributed by atoms with van der Waals surface area (Å²) in [5, 5.41) is 6.88. The number of piperidine rings is 1. The number of ether oxygens (including phenoxy) is 2. The SMILES string of the molecule is CCOC(=O)N1CCc2nc(N3CCC(Oc4ccc(F)cc4F)CC3)c(-c3cn[nH]c3)nc2C1. The maximum Gasteiger partial charge on any atom is 0.410 e. The van der Waals surface area contributed by atoms with Crippen molar-refractivity contribution in [2.75, 3.05) is 31.1 Å². The van der Waals surface area contributed by atoms with Gasteiger partial charge < -0.3 is 19.3 Å². The van der Waals surface area contributed by atoms with Gasteiger partial charge in [0, 0.05) is 56.7 Å². The third-order valence-electron chi connectivity index (χ3n) is 6.22. The van der Waals surface area contributed by atoms with E-state index in [1.807, 2.05) is 0 Å². The van der Waals surface area contributed by atoms with Gasteiger partial charge in [-0.15, -0.1) is 0 Å². The number of anilines is 1. The van der Waals surface area contributed by atoms with Gasteiger partial charge in [-0.3, -0.25) is 5.10 Å². The van der Waals surface area contributed by atoms with Crippen LogP contribution in [0.4, 0.5) is 19.4 Å². The largest absolute Gasteiger partial charge is 0.487 e. The van der Waals surface area contributed by atoms with Gasteiger partial charge in [-0.25, -0.2) is 23.5 Å². The third-order valence-corrected chi connectivity index (χ3v) is 6.22. The van der Waals surface area contributed by atoms with E-state index in [0.29, 0.717) is 57.7 Å². The first-order chi connectivity index (χ1) is 17.0. The minimum absolute atomic E-state index is 0.0589. The van der Waals surface area contributed by atoms with Gasteiger partial charge >= 0.3 is 6.09 Å². The van der Waals surface area contributed by atoms with Gasteiger partial charge in [0.25, 0.3) is 0 Å². The average Bonchev–Trinajstić information content (AvgIpc) is 3.40. The minimum atomic E-state index is -0.702. The molecule has 1 fully saturated rings. The number of aromatic amines is 1. The molecule has 2 aliphatic heterocycles. The molecule has 2 aromatic heterocycles. The molecule has 1 aromatic carbocycles. The van der Waals surface area contributed by atoms with Crippen LogP contribution in [0.25, 0.3) is 11.3 Å². The maximum atomic E-state index is 14.0. The molecule has 1 saturated heterocycles. The zero-order chi connectivity index (χ0) is 24.4. The molecule has 5 rings (SSSR count). The lowest BCUT2D eigenvalue weighted by atomic mass is 10.1. The summed E-state index contributed by atoms with van der Waals surface area (Å²) in [5.74, 6) is -0.523. The number of nitrogens with one attached hydrogen (secondary N) is 1. The molecule has 3 aromatic rings. The lowest BCUT2D eigenvalue weighted by Crippen LogP contribution is -2.40. The molecule has 35 heavy (non-hydrogen) atoms. The molecule has 11 heteroatoms. The zero-order valence-corrected chi connectivity index (χ0v) is 19.3.